The van der Waals surface area contributed by atoms with Crippen LogP contribution in [0.25, 0.3) is 0 Å². The van der Waals surface area contributed by atoms with Crippen LogP contribution in [0.4, 0.5) is 0 Å². The van der Waals surface area contributed by atoms with Crippen LogP contribution in [0.5, 0.6) is 11.5 Å². The standard InChI is InChI=1S/C19H24N2O4/c1-13(2)21-17(6-8-20-21)16-12-24-9-7-14(16)11-25-19-5-3-4-18(23)15(19)10-22/h3-6,8,10,13-14,16,23H,7,9,11-12H2,1-2H3/t14-,16-/m0/s1. The second-order valence-electron chi connectivity index (χ2n) is 6.64. The third-order valence-corrected chi connectivity index (χ3v) is 4.68. The van der Waals surface area contributed by atoms with E-state index in [1.165, 1.54) is 6.07 Å². The molecule has 0 radical (unpaired) electrons. The summed E-state index contributed by atoms with van der Waals surface area (Å²) in [5.74, 6) is 0.798. The van der Waals surface area contributed by atoms with Crippen LogP contribution in [0.3, 0.4) is 0 Å². The number of aromatic nitrogens is 2. The smallest absolute Gasteiger partial charge is 0.157 e. The molecule has 0 amide bonds. The Morgan fingerprint density at radius 2 is 2.28 bits per heavy atom. The molecule has 0 aliphatic carbocycles. The first-order valence-electron chi connectivity index (χ1n) is 8.63. The van der Waals surface area contributed by atoms with Crippen LogP contribution in [0.1, 0.15) is 48.3 Å². The van der Waals surface area contributed by atoms with Gasteiger partial charge in [-0.3, -0.25) is 9.48 Å². The van der Waals surface area contributed by atoms with Gasteiger partial charge in [0.05, 0.1) is 18.8 Å². The number of hydrogen-bond acceptors (Lipinski definition) is 5. The van der Waals surface area contributed by atoms with Crippen molar-refractivity contribution in [2.75, 3.05) is 19.8 Å². The number of carbonyl (C=O) groups is 1. The Labute approximate surface area is 147 Å². The van der Waals surface area contributed by atoms with Crippen molar-refractivity contribution < 1.29 is 19.4 Å². The molecule has 6 heteroatoms. The zero-order valence-electron chi connectivity index (χ0n) is 14.6. The Kier molecular flexibility index (Phi) is 5.38. The van der Waals surface area contributed by atoms with E-state index < -0.39 is 0 Å². The lowest BCUT2D eigenvalue weighted by Gasteiger charge is -2.32. The molecule has 1 aromatic heterocycles. The van der Waals surface area contributed by atoms with Crippen molar-refractivity contribution in [3.8, 4) is 11.5 Å². The molecular formula is C19H24N2O4. The average molecular weight is 344 g/mol. The molecule has 1 aliphatic heterocycles. The van der Waals surface area contributed by atoms with Crippen molar-refractivity contribution in [2.45, 2.75) is 32.2 Å². The summed E-state index contributed by atoms with van der Waals surface area (Å²) in [7, 11) is 0. The Morgan fingerprint density at radius 1 is 1.44 bits per heavy atom. The zero-order chi connectivity index (χ0) is 17.8. The molecular weight excluding hydrogens is 320 g/mol. The van der Waals surface area contributed by atoms with E-state index in [1.54, 1.807) is 12.1 Å². The molecule has 6 nitrogen and oxygen atoms in total. The van der Waals surface area contributed by atoms with Gasteiger partial charge in [0, 0.05) is 36.4 Å². The van der Waals surface area contributed by atoms with Crippen molar-refractivity contribution in [1.29, 1.82) is 0 Å². The minimum absolute atomic E-state index is 0.0612. The van der Waals surface area contributed by atoms with Gasteiger partial charge in [-0.25, -0.2) is 0 Å². The zero-order valence-corrected chi connectivity index (χ0v) is 14.6. The van der Waals surface area contributed by atoms with Crippen LogP contribution in [-0.4, -0.2) is 41.0 Å². The summed E-state index contributed by atoms with van der Waals surface area (Å²) in [6.45, 7) is 6.00. The fourth-order valence-electron chi connectivity index (χ4n) is 3.33. The van der Waals surface area contributed by atoms with Gasteiger partial charge in [-0.2, -0.15) is 5.10 Å². The normalized spacial score (nSPS) is 20.6. The van der Waals surface area contributed by atoms with E-state index in [2.05, 4.69) is 18.9 Å². The second kappa shape index (κ2) is 7.70. The van der Waals surface area contributed by atoms with Crippen LogP contribution in [0, 0.1) is 5.92 Å². The van der Waals surface area contributed by atoms with Crippen molar-refractivity contribution in [3.63, 3.8) is 0 Å². The molecule has 0 spiro atoms. The van der Waals surface area contributed by atoms with Crippen LogP contribution >= 0.6 is 0 Å². The van der Waals surface area contributed by atoms with E-state index in [1.807, 2.05) is 16.9 Å². The summed E-state index contributed by atoms with van der Waals surface area (Å²) in [6.07, 6.45) is 3.32. The van der Waals surface area contributed by atoms with E-state index in [4.69, 9.17) is 9.47 Å². The summed E-state index contributed by atoms with van der Waals surface area (Å²) in [4.78, 5) is 11.2. The number of phenolic OH excluding ortho intramolecular Hbond substituents is 1. The third-order valence-electron chi connectivity index (χ3n) is 4.68. The highest BCUT2D eigenvalue weighted by molar-refractivity contribution is 5.83. The van der Waals surface area contributed by atoms with Crippen molar-refractivity contribution in [3.05, 3.63) is 41.7 Å². The molecule has 25 heavy (non-hydrogen) atoms. The molecule has 3 rings (SSSR count). The summed E-state index contributed by atoms with van der Waals surface area (Å²) in [5.41, 5.74) is 1.34. The summed E-state index contributed by atoms with van der Waals surface area (Å²) < 4.78 is 13.6. The number of hydrogen-bond donors (Lipinski definition) is 1. The molecule has 2 atom stereocenters. The Balaban J connectivity index is 1.77. The van der Waals surface area contributed by atoms with Crippen molar-refractivity contribution in [2.24, 2.45) is 5.92 Å². The van der Waals surface area contributed by atoms with Gasteiger partial charge in [-0.1, -0.05) is 6.07 Å². The van der Waals surface area contributed by atoms with E-state index >= 15 is 0 Å². The topological polar surface area (TPSA) is 73.6 Å². The van der Waals surface area contributed by atoms with Gasteiger partial charge < -0.3 is 14.6 Å². The maximum atomic E-state index is 11.2. The maximum absolute atomic E-state index is 11.2. The number of rotatable bonds is 6. The Morgan fingerprint density at radius 3 is 3.04 bits per heavy atom. The SMILES string of the molecule is CC(C)n1nccc1[C@H]1COCC[C@H]1COc1cccc(O)c1C=O. The Hall–Kier alpha value is -2.34. The largest absolute Gasteiger partial charge is 0.507 e. The molecule has 2 aromatic rings. The first-order valence-corrected chi connectivity index (χ1v) is 8.63. The summed E-state index contributed by atoms with van der Waals surface area (Å²) in [5, 5.41) is 14.2. The molecule has 1 N–H and O–H groups in total. The number of phenols is 1. The van der Waals surface area contributed by atoms with E-state index in [-0.39, 0.29) is 29.2 Å². The lowest BCUT2D eigenvalue weighted by Crippen LogP contribution is -2.32. The molecule has 2 heterocycles. The molecule has 0 unspecified atom stereocenters. The summed E-state index contributed by atoms with van der Waals surface area (Å²) >= 11 is 0. The van der Waals surface area contributed by atoms with Gasteiger partial charge >= 0.3 is 0 Å². The molecule has 1 fully saturated rings. The number of ether oxygens (including phenoxy) is 2. The van der Waals surface area contributed by atoms with Gasteiger partial charge in [-0.05, 0) is 38.5 Å². The van der Waals surface area contributed by atoms with Crippen molar-refractivity contribution in [1.82, 2.24) is 9.78 Å². The fourth-order valence-corrected chi connectivity index (χ4v) is 3.33. The highest BCUT2D eigenvalue weighted by Crippen LogP contribution is 2.34. The number of nitrogens with zero attached hydrogens (tertiary/aromatic N) is 2. The number of aromatic hydroxyl groups is 1. The molecule has 0 bridgehead atoms. The van der Waals surface area contributed by atoms with Crippen LogP contribution in [0.15, 0.2) is 30.5 Å². The quantitative estimate of drug-likeness (QED) is 0.815. The number of carbonyl (C=O) groups excluding carboxylic acids is 1. The first kappa shape index (κ1) is 17.5. The van der Waals surface area contributed by atoms with Gasteiger partial charge in [0.15, 0.2) is 6.29 Å². The van der Waals surface area contributed by atoms with Crippen LogP contribution < -0.4 is 4.74 Å². The molecule has 1 aromatic carbocycles. The second-order valence-corrected chi connectivity index (χ2v) is 6.64. The predicted octanol–water partition coefficient (Wildman–Crippen LogP) is 3.18. The van der Waals surface area contributed by atoms with E-state index in [0.29, 0.717) is 31.9 Å². The minimum Gasteiger partial charge on any atom is -0.507 e. The molecule has 0 saturated carbocycles. The third kappa shape index (κ3) is 3.69. The van der Waals surface area contributed by atoms with Crippen LogP contribution in [0.2, 0.25) is 0 Å². The van der Waals surface area contributed by atoms with E-state index in [9.17, 15) is 9.90 Å². The minimum atomic E-state index is -0.0612. The Bertz CT molecular complexity index is 726. The van der Waals surface area contributed by atoms with E-state index in [0.717, 1.165) is 12.1 Å². The fraction of sp³-hybridized carbons (Fsp3) is 0.474. The molecule has 134 valence electrons. The summed E-state index contributed by atoms with van der Waals surface area (Å²) in [6, 6.07) is 7.18. The van der Waals surface area contributed by atoms with Gasteiger partial charge in [-0.15, -0.1) is 0 Å². The van der Waals surface area contributed by atoms with Crippen LogP contribution in [-0.2, 0) is 4.74 Å². The predicted molar refractivity (Wildman–Crippen MR) is 93.3 cm³/mol. The molecule has 1 aliphatic rings. The lowest BCUT2D eigenvalue weighted by molar-refractivity contribution is 0.0272. The number of aldehydes is 1. The monoisotopic (exact) mass is 344 g/mol. The molecule has 1 saturated heterocycles. The first-order chi connectivity index (χ1) is 12.1. The van der Waals surface area contributed by atoms with Gasteiger partial charge in [0.1, 0.15) is 11.5 Å². The maximum Gasteiger partial charge on any atom is 0.157 e. The van der Waals surface area contributed by atoms with Gasteiger partial charge in [0.2, 0.25) is 0 Å². The lowest BCUT2D eigenvalue weighted by atomic mass is 9.86. The highest BCUT2D eigenvalue weighted by Gasteiger charge is 2.31. The van der Waals surface area contributed by atoms with Crippen molar-refractivity contribution >= 4 is 6.29 Å². The highest BCUT2D eigenvalue weighted by atomic mass is 16.5. The van der Waals surface area contributed by atoms with Gasteiger partial charge in [0.25, 0.3) is 0 Å². The average Bonchev–Trinajstić information content (AvgIpc) is 3.10. The number of benzene rings is 1.